The summed E-state index contributed by atoms with van der Waals surface area (Å²) >= 11 is 0. The first-order valence-electron chi connectivity index (χ1n) is 3.81. The van der Waals surface area contributed by atoms with Gasteiger partial charge in [-0.15, -0.1) is 0 Å². The standard InChI is InChI=1S/C7H7F3N2O3/c1-4-2-5(11-15-4)6(13)12-14-3-7(8,9)10/h2H,3H2,1H3,(H,12,13). The highest BCUT2D eigenvalue weighted by atomic mass is 19.4. The predicted molar refractivity (Wildman–Crippen MR) is 40.7 cm³/mol. The first-order chi connectivity index (χ1) is 6.88. The molecule has 0 aliphatic rings. The van der Waals surface area contributed by atoms with Crippen LogP contribution in [0.4, 0.5) is 13.2 Å². The largest absolute Gasteiger partial charge is 0.414 e. The van der Waals surface area contributed by atoms with E-state index in [-0.39, 0.29) is 5.69 Å². The van der Waals surface area contributed by atoms with E-state index in [9.17, 15) is 18.0 Å². The zero-order valence-electron chi connectivity index (χ0n) is 7.59. The quantitative estimate of drug-likeness (QED) is 0.783. The molecule has 0 atom stereocenters. The van der Waals surface area contributed by atoms with E-state index >= 15 is 0 Å². The molecule has 0 fully saturated rings. The van der Waals surface area contributed by atoms with Gasteiger partial charge in [-0.05, 0) is 6.92 Å². The first kappa shape index (κ1) is 11.5. The molecule has 0 aromatic carbocycles. The summed E-state index contributed by atoms with van der Waals surface area (Å²) in [7, 11) is 0. The number of aromatic nitrogens is 1. The van der Waals surface area contributed by atoms with Gasteiger partial charge in [0.1, 0.15) is 5.76 Å². The van der Waals surface area contributed by atoms with Crippen molar-refractivity contribution in [1.29, 1.82) is 0 Å². The molecule has 0 radical (unpaired) electrons. The lowest BCUT2D eigenvalue weighted by molar-refractivity contribution is -0.184. The number of hydrogen-bond acceptors (Lipinski definition) is 4. The highest BCUT2D eigenvalue weighted by Crippen LogP contribution is 2.13. The molecule has 5 nitrogen and oxygen atoms in total. The minimum Gasteiger partial charge on any atom is -0.361 e. The Morgan fingerprint density at radius 2 is 2.33 bits per heavy atom. The van der Waals surface area contributed by atoms with Gasteiger partial charge in [-0.3, -0.25) is 9.63 Å². The van der Waals surface area contributed by atoms with Crippen molar-refractivity contribution >= 4 is 5.91 Å². The molecule has 0 aliphatic heterocycles. The SMILES string of the molecule is Cc1cc(C(=O)NOCC(F)(F)F)no1. The number of carbonyl (C=O) groups excluding carboxylic acids is 1. The van der Waals surface area contributed by atoms with Gasteiger partial charge in [-0.1, -0.05) is 5.16 Å². The van der Waals surface area contributed by atoms with Crippen LogP contribution in [0.5, 0.6) is 0 Å². The molecule has 0 saturated heterocycles. The number of rotatable bonds is 3. The molecular formula is C7H7F3N2O3. The van der Waals surface area contributed by atoms with Crippen molar-refractivity contribution in [3.63, 3.8) is 0 Å². The highest BCUT2D eigenvalue weighted by molar-refractivity contribution is 5.91. The molecule has 15 heavy (non-hydrogen) atoms. The summed E-state index contributed by atoms with van der Waals surface area (Å²) in [4.78, 5) is 14.9. The summed E-state index contributed by atoms with van der Waals surface area (Å²) in [5.41, 5.74) is 1.44. The number of nitrogens with one attached hydrogen (secondary N) is 1. The molecule has 1 aromatic rings. The Bertz CT molecular complexity index is 347. The van der Waals surface area contributed by atoms with Crippen LogP contribution in [-0.2, 0) is 4.84 Å². The third-order valence-corrected chi connectivity index (χ3v) is 1.26. The fourth-order valence-corrected chi connectivity index (χ4v) is 0.709. The average molecular weight is 224 g/mol. The molecule has 0 spiro atoms. The molecule has 1 N–H and O–H groups in total. The van der Waals surface area contributed by atoms with Crippen molar-refractivity contribution in [2.75, 3.05) is 6.61 Å². The smallest absolute Gasteiger partial charge is 0.361 e. The van der Waals surface area contributed by atoms with Crippen LogP contribution in [0.2, 0.25) is 0 Å². The molecule has 1 heterocycles. The van der Waals surface area contributed by atoms with Gasteiger partial charge in [-0.25, -0.2) is 5.48 Å². The van der Waals surface area contributed by atoms with E-state index in [4.69, 9.17) is 0 Å². The number of halogens is 3. The zero-order chi connectivity index (χ0) is 11.5. The summed E-state index contributed by atoms with van der Waals surface area (Å²) in [6.45, 7) is -0.0179. The van der Waals surface area contributed by atoms with Crippen LogP contribution in [0.25, 0.3) is 0 Å². The summed E-state index contributed by atoms with van der Waals surface area (Å²) in [5, 5.41) is 3.28. The number of hydroxylamine groups is 1. The van der Waals surface area contributed by atoms with Gasteiger partial charge in [0, 0.05) is 6.07 Å². The second kappa shape index (κ2) is 4.30. The number of amides is 1. The maximum atomic E-state index is 11.6. The Hall–Kier alpha value is -1.57. The van der Waals surface area contributed by atoms with Gasteiger partial charge < -0.3 is 4.52 Å². The Kier molecular flexibility index (Phi) is 3.30. The van der Waals surface area contributed by atoms with Crippen molar-refractivity contribution in [3.8, 4) is 0 Å². The predicted octanol–water partition coefficient (Wildman–Crippen LogP) is 1.21. The molecule has 1 amide bonds. The lowest BCUT2D eigenvalue weighted by atomic mass is 10.4. The fraction of sp³-hybridized carbons (Fsp3) is 0.429. The Morgan fingerprint density at radius 3 is 2.80 bits per heavy atom. The molecule has 0 saturated carbocycles. The maximum absolute atomic E-state index is 11.6. The van der Waals surface area contributed by atoms with E-state index < -0.39 is 18.7 Å². The van der Waals surface area contributed by atoms with Crippen LogP contribution in [0.3, 0.4) is 0 Å². The van der Waals surface area contributed by atoms with Crippen LogP contribution in [0, 0.1) is 6.92 Å². The second-order valence-corrected chi connectivity index (χ2v) is 2.66. The number of alkyl halides is 3. The molecule has 0 bridgehead atoms. The van der Waals surface area contributed by atoms with Gasteiger partial charge in [-0.2, -0.15) is 13.2 Å². The van der Waals surface area contributed by atoms with Gasteiger partial charge in [0.2, 0.25) is 0 Å². The van der Waals surface area contributed by atoms with Crippen LogP contribution >= 0.6 is 0 Å². The van der Waals surface area contributed by atoms with Gasteiger partial charge in [0.25, 0.3) is 5.91 Å². The average Bonchev–Trinajstić information content (AvgIpc) is 2.49. The topological polar surface area (TPSA) is 64.4 Å². The number of carbonyl (C=O) groups is 1. The zero-order valence-corrected chi connectivity index (χ0v) is 7.59. The second-order valence-electron chi connectivity index (χ2n) is 2.66. The van der Waals surface area contributed by atoms with Crippen molar-refractivity contribution in [1.82, 2.24) is 10.6 Å². The lowest BCUT2D eigenvalue weighted by Gasteiger charge is -2.06. The van der Waals surface area contributed by atoms with E-state index in [0.717, 1.165) is 0 Å². The third-order valence-electron chi connectivity index (χ3n) is 1.26. The fourth-order valence-electron chi connectivity index (χ4n) is 0.709. The van der Waals surface area contributed by atoms with E-state index in [1.807, 2.05) is 0 Å². The van der Waals surface area contributed by atoms with E-state index in [2.05, 4.69) is 14.5 Å². The summed E-state index contributed by atoms with van der Waals surface area (Å²) in [6.07, 6.45) is -4.49. The molecule has 0 aliphatic carbocycles. The van der Waals surface area contributed by atoms with Crippen LogP contribution in [0.1, 0.15) is 16.2 Å². The molecule has 84 valence electrons. The minimum absolute atomic E-state index is 0.144. The normalized spacial score (nSPS) is 11.5. The van der Waals surface area contributed by atoms with Gasteiger partial charge >= 0.3 is 6.18 Å². The Morgan fingerprint density at radius 1 is 1.67 bits per heavy atom. The maximum Gasteiger partial charge on any atom is 0.414 e. The first-order valence-corrected chi connectivity index (χ1v) is 3.81. The van der Waals surface area contributed by atoms with E-state index in [1.165, 1.54) is 6.07 Å². The van der Waals surface area contributed by atoms with E-state index in [0.29, 0.717) is 5.76 Å². The number of aryl methyl sites for hydroxylation is 1. The molecule has 1 aromatic heterocycles. The Labute approximate surface area is 82.1 Å². The lowest BCUT2D eigenvalue weighted by Crippen LogP contribution is -2.29. The van der Waals surface area contributed by atoms with Crippen LogP contribution < -0.4 is 5.48 Å². The number of nitrogens with zero attached hydrogens (tertiary/aromatic N) is 1. The third kappa shape index (κ3) is 3.98. The van der Waals surface area contributed by atoms with Crippen molar-refractivity contribution in [2.24, 2.45) is 0 Å². The van der Waals surface area contributed by atoms with E-state index in [1.54, 1.807) is 12.4 Å². The summed E-state index contributed by atoms with van der Waals surface area (Å²) in [5.74, 6) is -0.521. The molecule has 8 heteroatoms. The molecule has 0 unspecified atom stereocenters. The van der Waals surface area contributed by atoms with Crippen LogP contribution in [-0.4, -0.2) is 23.8 Å². The van der Waals surface area contributed by atoms with Gasteiger partial charge in [0.15, 0.2) is 12.3 Å². The minimum atomic E-state index is -4.49. The van der Waals surface area contributed by atoms with Crippen molar-refractivity contribution in [2.45, 2.75) is 13.1 Å². The van der Waals surface area contributed by atoms with Crippen molar-refractivity contribution < 1.29 is 27.3 Å². The number of hydrogen-bond donors (Lipinski definition) is 1. The van der Waals surface area contributed by atoms with Crippen LogP contribution in [0.15, 0.2) is 10.6 Å². The van der Waals surface area contributed by atoms with Crippen molar-refractivity contribution in [3.05, 3.63) is 17.5 Å². The molecule has 1 rings (SSSR count). The van der Waals surface area contributed by atoms with Gasteiger partial charge in [0.05, 0.1) is 0 Å². The monoisotopic (exact) mass is 224 g/mol. The highest BCUT2D eigenvalue weighted by Gasteiger charge is 2.28. The summed E-state index contributed by atoms with van der Waals surface area (Å²) in [6, 6.07) is 1.27. The summed E-state index contributed by atoms with van der Waals surface area (Å²) < 4.78 is 39.4. The Balaban J connectivity index is 2.37. The molecular weight excluding hydrogens is 217 g/mol.